The highest BCUT2D eigenvalue weighted by Crippen LogP contribution is 2.26. The zero-order valence-corrected chi connectivity index (χ0v) is 12.9. The van der Waals surface area contributed by atoms with Crippen LogP contribution in [0.25, 0.3) is 0 Å². The van der Waals surface area contributed by atoms with Crippen LogP contribution in [0.15, 0.2) is 24.3 Å². The van der Waals surface area contributed by atoms with Crippen LogP contribution >= 0.6 is 0 Å². The Balaban J connectivity index is 1.93. The molecule has 4 nitrogen and oxygen atoms in total. The van der Waals surface area contributed by atoms with Crippen molar-refractivity contribution in [3.63, 3.8) is 0 Å². The highest BCUT2D eigenvalue weighted by atomic mass is 32.2. The molecule has 1 aromatic carbocycles. The second-order valence-corrected chi connectivity index (χ2v) is 7.39. The van der Waals surface area contributed by atoms with E-state index in [0.29, 0.717) is 5.69 Å². The van der Waals surface area contributed by atoms with E-state index in [1.54, 1.807) is 0 Å². The maximum Gasteiger partial charge on any atom is 0.235 e. The minimum atomic E-state index is -3.21. The lowest BCUT2D eigenvalue weighted by Crippen LogP contribution is -2.25. The van der Waals surface area contributed by atoms with Gasteiger partial charge in [-0.3, -0.25) is 4.72 Å². The monoisotopic (exact) mass is 296 g/mol. The summed E-state index contributed by atoms with van der Waals surface area (Å²) < 4.78 is 27.1. The zero-order valence-electron chi connectivity index (χ0n) is 12.1. The molecule has 2 rings (SSSR count). The van der Waals surface area contributed by atoms with E-state index in [2.05, 4.69) is 17.0 Å². The third-order valence-corrected chi connectivity index (χ3v) is 5.58. The summed E-state index contributed by atoms with van der Waals surface area (Å²) in [6, 6.07) is 7.62. The second kappa shape index (κ2) is 7.09. The second-order valence-electron chi connectivity index (χ2n) is 5.43. The molecule has 20 heavy (non-hydrogen) atoms. The molecule has 0 heterocycles. The Morgan fingerprint density at radius 3 is 2.40 bits per heavy atom. The molecular weight excluding hydrogens is 272 g/mol. The fourth-order valence-corrected chi connectivity index (χ4v) is 4.13. The topological polar surface area (TPSA) is 58.2 Å². The highest BCUT2D eigenvalue weighted by Gasteiger charge is 2.28. The Kier molecular flexibility index (Phi) is 5.43. The smallest absolute Gasteiger partial charge is 0.235 e. The van der Waals surface area contributed by atoms with Gasteiger partial charge in [0.15, 0.2) is 0 Å². The summed E-state index contributed by atoms with van der Waals surface area (Å²) in [4.78, 5) is 0. The van der Waals surface area contributed by atoms with Crippen LogP contribution < -0.4 is 10.0 Å². The number of hydrogen-bond acceptors (Lipinski definition) is 3. The fourth-order valence-electron chi connectivity index (χ4n) is 2.55. The predicted octanol–water partition coefficient (Wildman–Crippen LogP) is 2.87. The van der Waals surface area contributed by atoms with E-state index in [4.69, 9.17) is 0 Å². The molecule has 0 bridgehead atoms. The largest absolute Gasteiger partial charge is 0.313 e. The van der Waals surface area contributed by atoms with E-state index in [1.807, 2.05) is 24.3 Å². The van der Waals surface area contributed by atoms with Gasteiger partial charge in [-0.05, 0) is 43.5 Å². The van der Waals surface area contributed by atoms with E-state index >= 15 is 0 Å². The van der Waals surface area contributed by atoms with E-state index in [0.717, 1.165) is 45.2 Å². The van der Waals surface area contributed by atoms with Gasteiger partial charge in [-0.25, -0.2) is 8.42 Å². The van der Waals surface area contributed by atoms with Crippen molar-refractivity contribution in [2.45, 2.75) is 50.8 Å². The van der Waals surface area contributed by atoms with Gasteiger partial charge < -0.3 is 5.32 Å². The molecule has 112 valence electrons. The molecule has 0 radical (unpaired) electrons. The first-order chi connectivity index (χ1) is 9.62. The van der Waals surface area contributed by atoms with E-state index < -0.39 is 10.0 Å². The van der Waals surface area contributed by atoms with E-state index in [1.165, 1.54) is 5.56 Å². The molecule has 0 aliphatic heterocycles. The van der Waals surface area contributed by atoms with Crippen molar-refractivity contribution in [3.05, 3.63) is 29.8 Å². The first-order valence-corrected chi connectivity index (χ1v) is 8.98. The van der Waals surface area contributed by atoms with Crippen LogP contribution in [0, 0.1) is 0 Å². The number of hydrogen-bond donors (Lipinski definition) is 2. The Morgan fingerprint density at radius 1 is 1.15 bits per heavy atom. The lowest BCUT2D eigenvalue weighted by Gasteiger charge is -2.13. The summed E-state index contributed by atoms with van der Waals surface area (Å²) in [6.07, 6.45) is 4.73. The van der Waals surface area contributed by atoms with Gasteiger partial charge >= 0.3 is 0 Å². The van der Waals surface area contributed by atoms with Gasteiger partial charge in [-0.1, -0.05) is 31.9 Å². The summed E-state index contributed by atoms with van der Waals surface area (Å²) in [5, 5.41) is 3.11. The van der Waals surface area contributed by atoms with Gasteiger partial charge in [0.25, 0.3) is 0 Å². The number of sulfonamides is 1. The minimum absolute atomic E-state index is 0.214. The van der Waals surface area contributed by atoms with E-state index in [9.17, 15) is 8.42 Å². The summed E-state index contributed by atoms with van der Waals surface area (Å²) in [5.74, 6) is 0. The zero-order chi connectivity index (χ0) is 14.4. The van der Waals surface area contributed by atoms with Gasteiger partial charge in [0.05, 0.1) is 5.25 Å². The Hall–Kier alpha value is -1.07. The lowest BCUT2D eigenvalue weighted by atomic mass is 10.2. The first kappa shape index (κ1) is 15.3. The lowest BCUT2D eigenvalue weighted by molar-refractivity contribution is 0.585. The molecule has 1 aliphatic rings. The quantitative estimate of drug-likeness (QED) is 0.761. The summed E-state index contributed by atoms with van der Waals surface area (Å²) in [5.41, 5.74) is 1.83. The Bertz CT molecular complexity index is 505. The summed E-state index contributed by atoms with van der Waals surface area (Å²) in [7, 11) is -3.21. The molecule has 0 atom stereocenters. The molecule has 1 fully saturated rings. The van der Waals surface area contributed by atoms with E-state index in [-0.39, 0.29) is 5.25 Å². The van der Waals surface area contributed by atoms with Gasteiger partial charge in [0.1, 0.15) is 0 Å². The molecule has 0 spiro atoms. The van der Waals surface area contributed by atoms with Crippen molar-refractivity contribution in [3.8, 4) is 0 Å². The van der Waals surface area contributed by atoms with Crippen LogP contribution in [0.5, 0.6) is 0 Å². The minimum Gasteiger partial charge on any atom is -0.313 e. The van der Waals surface area contributed by atoms with Gasteiger partial charge in [-0.2, -0.15) is 0 Å². The van der Waals surface area contributed by atoms with Crippen molar-refractivity contribution in [1.82, 2.24) is 5.32 Å². The molecule has 0 aromatic heterocycles. The van der Waals surface area contributed by atoms with Crippen LogP contribution in [0.4, 0.5) is 5.69 Å². The van der Waals surface area contributed by atoms with Crippen molar-refractivity contribution >= 4 is 15.7 Å². The fraction of sp³-hybridized carbons (Fsp3) is 0.600. The number of benzene rings is 1. The van der Waals surface area contributed by atoms with Crippen LogP contribution in [-0.2, 0) is 16.6 Å². The molecule has 0 unspecified atom stereocenters. The standard InChI is InChI=1S/C15H24N2O2S/c1-2-11-16-12-13-7-9-14(10-8-13)17-20(18,19)15-5-3-4-6-15/h7-10,15-17H,2-6,11-12H2,1H3. The van der Waals surface area contributed by atoms with Gasteiger partial charge in [0, 0.05) is 12.2 Å². The Labute approximate surface area is 122 Å². The van der Waals surface area contributed by atoms with Crippen LogP contribution in [0.1, 0.15) is 44.6 Å². The van der Waals surface area contributed by atoms with Gasteiger partial charge in [-0.15, -0.1) is 0 Å². The predicted molar refractivity (Wildman–Crippen MR) is 83.2 cm³/mol. The maximum atomic E-state index is 12.2. The molecule has 0 saturated heterocycles. The van der Waals surface area contributed by atoms with Crippen molar-refractivity contribution in [1.29, 1.82) is 0 Å². The van der Waals surface area contributed by atoms with Crippen LogP contribution in [0.2, 0.25) is 0 Å². The molecule has 1 aliphatic carbocycles. The van der Waals surface area contributed by atoms with Crippen molar-refractivity contribution in [2.75, 3.05) is 11.3 Å². The molecule has 1 saturated carbocycles. The number of anilines is 1. The molecule has 0 amide bonds. The third kappa shape index (κ3) is 4.21. The number of rotatable bonds is 7. The van der Waals surface area contributed by atoms with Crippen LogP contribution in [-0.4, -0.2) is 20.2 Å². The molecule has 1 aromatic rings. The number of nitrogens with one attached hydrogen (secondary N) is 2. The maximum absolute atomic E-state index is 12.2. The molecule has 5 heteroatoms. The first-order valence-electron chi connectivity index (χ1n) is 7.43. The average Bonchev–Trinajstić information content (AvgIpc) is 2.95. The Morgan fingerprint density at radius 2 is 1.80 bits per heavy atom. The average molecular weight is 296 g/mol. The third-order valence-electron chi connectivity index (χ3n) is 3.71. The molecular formula is C15H24N2O2S. The summed E-state index contributed by atoms with van der Waals surface area (Å²) in [6.45, 7) is 3.95. The van der Waals surface area contributed by atoms with Gasteiger partial charge in [0.2, 0.25) is 10.0 Å². The molecule has 2 N–H and O–H groups in total. The SMILES string of the molecule is CCCNCc1ccc(NS(=O)(=O)C2CCCC2)cc1. The highest BCUT2D eigenvalue weighted by molar-refractivity contribution is 7.93. The van der Waals surface area contributed by atoms with Crippen molar-refractivity contribution in [2.24, 2.45) is 0 Å². The van der Waals surface area contributed by atoms with Crippen LogP contribution in [0.3, 0.4) is 0 Å². The van der Waals surface area contributed by atoms with Crippen molar-refractivity contribution < 1.29 is 8.42 Å². The summed E-state index contributed by atoms with van der Waals surface area (Å²) >= 11 is 0. The normalized spacial score (nSPS) is 16.4.